The lowest BCUT2D eigenvalue weighted by Crippen LogP contribution is -2.09. The van der Waals surface area contributed by atoms with Crippen LogP contribution in [0.5, 0.6) is 0 Å². The standard InChI is InChI=1S/C25H26N8O2/c1-2-35-23(34)17-9-6-11-20(14-17)30-25-32-24(29-21-12-7-10-19(27)15-21)31-22-18(16-28-33(22)25)8-4-3-5-13-26/h6-7,9-12,14-16H,2-5,8,27H2,1H3,(H2,29,30,31,32). The number of benzene rings is 2. The van der Waals surface area contributed by atoms with E-state index in [9.17, 15) is 4.79 Å². The van der Waals surface area contributed by atoms with E-state index in [2.05, 4.69) is 31.8 Å². The van der Waals surface area contributed by atoms with E-state index >= 15 is 0 Å². The molecule has 0 saturated carbocycles. The minimum absolute atomic E-state index is 0.298. The highest BCUT2D eigenvalue weighted by Crippen LogP contribution is 2.24. The Labute approximate surface area is 202 Å². The number of aromatic nitrogens is 4. The van der Waals surface area contributed by atoms with Crippen molar-refractivity contribution in [1.29, 1.82) is 5.26 Å². The number of esters is 1. The van der Waals surface area contributed by atoms with Gasteiger partial charge < -0.3 is 21.1 Å². The Morgan fingerprint density at radius 3 is 2.69 bits per heavy atom. The van der Waals surface area contributed by atoms with Crippen LogP contribution in [0, 0.1) is 11.3 Å². The third-order valence-corrected chi connectivity index (χ3v) is 5.20. The minimum Gasteiger partial charge on any atom is -0.462 e. The van der Waals surface area contributed by atoms with Gasteiger partial charge in [-0.2, -0.15) is 24.8 Å². The second-order valence-electron chi connectivity index (χ2n) is 7.82. The molecule has 2 heterocycles. The second kappa shape index (κ2) is 11.0. The monoisotopic (exact) mass is 470 g/mol. The summed E-state index contributed by atoms with van der Waals surface area (Å²) >= 11 is 0. The highest BCUT2D eigenvalue weighted by molar-refractivity contribution is 5.90. The smallest absolute Gasteiger partial charge is 0.338 e. The molecule has 0 unspecified atom stereocenters. The quantitative estimate of drug-likeness (QED) is 0.172. The molecule has 4 aromatic rings. The van der Waals surface area contributed by atoms with Gasteiger partial charge in [0.1, 0.15) is 0 Å². The number of nitrogens with one attached hydrogen (secondary N) is 2. The van der Waals surface area contributed by atoms with E-state index in [1.807, 2.05) is 18.2 Å². The number of nitriles is 1. The molecule has 0 atom stereocenters. The molecule has 0 fully saturated rings. The molecular formula is C25H26N8O2. The fourth-order valence-electron chi connectivity index (χ4n) is 3.57. The van der Waals surface area contributed by atoms with Gasteiger partial charge in [-0.25, -0.2) is 4.79 Å². The molecular weight excluding hydrogens is 444 g/mol. The van der Waals surface area contributed by atoms with Gasteiger partial charge in [-0.1, -0.05) is 12.1 Å². The number of aryl methyl sites for hydroxylation is 1. The van der Waals surface area contributed by atoms with Crippen LogP contribution >= 0.6 is 0 Å². The molecule has 0 saturated heterocycles. The maximum atomic E-state index is 12.2. The molecule has 178 valence electrons. The molecule has 4 N–H and O–H groups in total. The summed E-state index contributed by atoms with van der Waals surface area (Å²) < 4.78 is 6.73. The lowest BCUT2D eigenvalue weighted by Gasteiger charge is -2.12. The molecule has 0 aliphatic heterocycles. The van der Waals surface area contributed by atoms with Crippen molar-refractivity contribution in [1.82, 2.24) is 19.6 Å². The van der Waals surface area contributed by atoms with Gasteiger partial charge in [0.2, 0.25) is 11.9 Å². The highest BCUT2D eigenvalue weighted by atomic mass is 16.5. The van der Waals surface area contributed by atoms with Crippen LogP contribution in [0.25, 0.3) is 5.65 Å². The van der Waals surface area contributed by atoms with E-state index in [4.69, 9.17) is 15.7 Å². The predicted molar refractivity (Wildman–Crippen MR) is 134 cm³/mol. The molecule has 35 heavy (non-hydrogen) atoms. The average molecular weight is 471 g/mol. The number of nitrogens with two attached hydrogens (primary N) is 1. The molecule has 2 aromatic heterocycles. The Morgan fingerprint density at radius 1 is 1.11 bits per heavy atom. The number of nitrogens with zero attached hydrogens (tertiary/aromatic N) is 5. The number of carbonyl (C=O) groups is 1. The zero-order valence-corrected chi connectivity index (χ0v) is 19.4. The van der Waals surface area contributed by atoms with Crippen molar-refractivity contribution in [3.05, 3.63) is 65.9 Å². The summed E-state index contributed by atoms with van der Waals surface area (Å²) in [5.41, 5.74) is 9.96. The first-order valence-electron chi connectivity index (χ1n) is 11.4. The number of carbonyl (C=O) groups excluding carboxylic acids is 1. The first kappa shape index (κ1) is 23.5. The van der Waals surface area contributed by atoms with Crippen molar-refractivity contribution in [3.8, 4) is 6.07 Å². The highest BCUT2D eigenvalue weighted by Gasteiger charge is 2.15. The number of rotatable bonds is 10. The van der Waals surface area contributed by atoms with Crippen molar-refractivity contribution in [2.75, 3.05) is 23.0 Å². The topological polar surface area (TPSA) is 143 Å². The summed E-state index contributed by atoms with van der Waals surface area (Å²) in [5.74, 6) is 0.392. The van der Waals surface area contributed by atoms with Gasteiger partial charge >= 0.3 is 5.97 Å². The van der Waals surface area contributed by atoms with Crippen LogP contribution in [0.2, 0.25) is 0 Å². The lowest BCUT2D eigenvalue weighted by molar-refractivity contribution is 0.0526. The molecule has 10 nitrogen and oxygen atoms in total. The van der Waals surface area contributed by atoms with E-state index in [1.54, 1.807) is 48.0 Å². The number of unbranched alkanes of at least 4 members (excludes halogenated alkanes) is 2. The molecule has 0 amide bonds. The van der Waals surface area contributed by atoms with E-state index < -0.39 is 5.97 Å². The first-order chi connectivity index (χ1) is 17.1. The van der Waals surface area contributed by atoms with Crippen LogP contribution in [0.1, 0.15) is 42.1 Å². The number of hydrogen-bond donors (Lipinski definition) is 3. The molecule has 0 aliphatic rings. The molecule has 0 aliphatic carbocycles. The number of anilines is 5. The third kappa shape index (κ3) is 5.83. The van der Waals surface area contributed by atoms with Gasteiger partial charge in [0.25, 0.3) is 0 Å². The summed E-state index contributed by atoms with van der Waals surface area (Å²) in [4.78, 5) is 21.5. The van der Waals surface area contributed by atoms with Crippen LogP contribution < -0.4 is 16.4 Å². The van der Waals surface area contributed by atoms with Gasteiger partial charge in [-0.15, -0.1) is 0 Å². The zero-order chi connectivity index (χ0) is 24.6. The van der Waals surface area contributed by atoms with Crippen molar-refractivity contribution < 1.29 is 9.53 Å². The Balaban J connectivity index is 1.69. The lowest BCUT2D eigenvalue weighted by atomic mass is 10.1. The van der Waals surface area contributed by atoms with Crippen molar-refractivity contribution in [2.24, 2.45) is 0 Å². The van der Waals surface area contributed by atoms with Gasteiger partial charge in [0.05, 0.1) is 24.4 Å². The predicted octanol–water partition coefficient (Wildman–Crippen LogP) is 4.61. The summed E-state index contributed by atoms with van der Waals surface area (Å²) in [6.07, 6.45) is 4.67. The summed E-state index contributed by atoms with van der Waals surface area (Å²) in [7, 11) is 0. The van der Waals surface area contributed by atoms with E-state index in [1.165, 1.54) is 0 Å². The molecule has 0 spiro atoms. The van der Waals surface area contributed by atoms with Crippen molar-refractivity contribution in [2.45, 2.75) is 32.6 Å². The molecule has 0 bridgehead atoms. The van der Waals surface area contributed by atoms with Gasteiger partial charge in [-0.05, 0) is 62.6 Å². The summed E-state index contributed by atoms with van der Waals surface area (Å²) in [5, 5.41) is 19.7. The second-order valence-corrected chi connectivity index (χ2v) is 7.82. The fraction of sp³-hybridized carbons (Fsp3) is 0.240. The Morgan fingerprint density at radius 2 is 1.91 bits per heavy atom. The fourth-order valence-corrected chi connectivity index (χ4v) is 3.57. The normalized spacial score (nSPS) is 10.6. The number of ether oxygens (including phenoxy) is 1. The van der Waals surface area contributed by atoms with Crippen LogP contribution in [0.4, 0.5) is 29.0 Å². The summed E-state index contributed by atoms with van der Waals surface area (Å²) in [6.45, 7) is 2.06. The number of fused-ring (bicyclic) bond motifs is 1. The van der Waals surface area contributed by atoms with Crippen LogP contribution in [-0.2, 0) is 11.2 Å². The van der Waals surface area contributed by atoms with Crippen LogP contribution in [0.3, 0.4) is 0 Å². The SMILES string of the molecule is CCOC(=O)c1cccc(Nc2nc(Nc3cccc(N)c3)nc3c(CCCCC#N)cnn23)c1. The summed E-state index contributed by atoms with van der Waals surface area (Å²) in [6, 6.07) is 16.5. The molecule has 0 radical (unpaired) electrons. The third-order valence-electron chi connectivity index (χ3n) is 5.20. The number of hydrogen-bond acceptors (Lipinski definition) is 9. The Kier molecular flexibility index (Phi) is 7.37. The first-order valence-corrected chi connectivity index (χ1v) is 11.4. The van der Waals surface area contributed by atoms with E-state index in [-0.39, 0.29) is 0 Å². The Bertz CT molecular complexity index is 1380. The van der Waals surface area contributed by atoms with Crippen molar-refractivity contribution >= 4 is 40.6 Å². The minimum atomic E-state index is -0.397. The van der Waals surface area contributed by atoms with Crippen LogP contribution in [-0.4, -0.2) is 32.2 Å². The van der Waals surface area contributed by atoms with Crippen molar-refractivity contribution in [3.63, 3.8) is 0 Å². The van der Waals surface area contributed by atoms with Gasteiger partial charge in [0, 0.05) is 29.0 Å². The Hall–Kier alpha value is -4.65. The molecule has 10 heteroatoms. The van der Waals surface area contributed by atoms with E-state index in [0.29, 0.717) is 47.5 Å². The van der Waals surface area contributed by atoms with E-state index in [0.717, 1.165) is 30.5 Å². The maximum Gasteiger partial charge on any atom is 0.338 e. The molecule has 4 rings (SSSR count). The number of nitrogen functional groups attached to an aromatic ring is 1. The maximum absolute atomic E-state index is 12.2. The van der Waals surface area contributed by atoms with Gasteiger partial charge in [-0.3, -0.25) is 0 Å². The molecule has 2 aromatic carbocycles. The van der Waals surface area contributed by atoms with Gasteiger partial charge in [0.15, 0.2) is 5.65 Å². The zero-order valence-electron chi connectivity index (χ0n) is 19.4. The average Bonchev–Trinajstić information content (AvgIpc) is 3.25. The largest absolute Gasteiger partial charge is 0.462 e. The van der Waals surface area contributed by atoms with Crippen LogP contribution in [0.15, 0.2) is 54.7 Å².